The van der Waals surface area contributed by atoms with Crippen LogP contribution in [0.1, 0.15) is 60.3 Å². The summed E-state index contributed by atoms with van der Waals surface area (Å²) in [7, 11) is 0. The van der Waals surface area contributed by atoms with Crippen molar-refractivity contribution in [2.45, 2.75) is 66.3 Å². The molecule has 1 fully saturated rings. The highest BCUT2D eigenvalue weighted by molar-refractivity contribution is 5.88. The summed E-state index contributed by atoms with van der Waals surface area (Å²) in [5.41, 5.74) is 3.19. The summed E-state index contributed by atoms with van der Waals surface area (Å²) in [5.74, 6) is 0. The Morgan fingerprint density at radius 3 is 2.33 bits per heavy atom. The molecule has 1 heteroatoms. The first-order valence-electron chi connectivity index (χ1n) is 6.12. The van der Waals surface area contributed by atoms with Crippen molar-refractivity contribution in [1.29, 1.82) is 0 Å². The van der Waals surface area contributed by atoms with Gasteiger partial charge in [-0.05, 0) is 47.0 Å². The van der Waals surface area contributed by atoms with Crippen LogP contribution >= 0.6 is 0 Å². The molecule has 15 heavy (non-hydrogen) atoms. The lowest BCUT2D eigenvalue weighted by atomic mass is 9.67. The van der Waals surface area contributed by atoms with E-state index in [-0.39, 0.29) is 0 Å². The molecule has 1 nitrogen and oxygen atoms in total. The van der Waals surface area contributed by atoms with E-state index in [4.69, 9.17) is 4.99 Å². The predicted molar refractivity (Wildman–Crippen MR) is 68.6 cm³/mol. The van der Waals surface area contributed by atoms with E-state index in [1.54, 1.807) is 0 Å². The van der Waals surface area contributed by atoms with Crippen molar-refractivity contribution in [3.8, 4) is 0 Å². The fourth-order valence-electron chi connectivity index (χ4n) is 2.01. The Balaban J connectivity index is 2.50. The second kappa shape index (κ2) is 4.96. The van der Waals surface area contributed by atoms with E-state index in [2.05, 4.69) is 40.7 Å². The lowest BCUT2D eigenvalue weighted by Crippen LogP contribution is -2.33. The van der Waals surface area contributed by atoms with Gasteiger partial charge in [-0.15, -0.1) is 0 Å². The predicted octanol–water partition coefficient (Wildman–Crippen LogP) is 4.38. The summed E-state index contributed by atoms with van der Waals surface area (Å²) >= 11 is 0. The van der Waals surface area contributed by atoms with E-state index < -0.39 is 0 Å². The lowest BCUT2D eigenvalue weighted by molar-refractivity contribution is 0.260. The van der Waals surface area contributed by atoms with Crippen molar-refractivity contribution in [1.82, 2.24) is 0 Å². The number of aliphatic imine (C=N–C) groups is 1. The number of nitrogens with zero attached hydrogens (tertiary/aromatic N) is 1. The van der Waals surface area contributed by atoms with Crippen LogP contribution in [0, 0.1) is 5.41 Å². The molecule has 1 rings (SSSR count). The van der Waals surface area contributed by atoms with E-state index in [9.17, 15) is 0 Å². The van der Waals surface area contributed by atoms with Crippen LogP contribution in [0.5, 0.6) is 0 Å². The molecule has 0 N–H and O–H groups in total. The maximum atomic E-state index is 4.81. The van der Waals surface area contributed by atoms with Gasteiger partial charge in [-0.3, -0.25) is 4.99 Å². The molecule has 1 unspecified atom stereocenters. The first kappa shape index (κ1) is 12.5. The van der Waals surface area contributed by atoms with Gasteiger partial charge in [0.1, 0.15) is 0 Å². The third-order valence-electron chi connectivity index (χ3n) is 3.61. The van der Waals surface area contributed by atoms with Crippen molar-refractivity contribution in [2.24, 2.45) is 10.4 Å². The summed E-state index contributed by atoms with van der Waals surface area (Å²) in [6.07, 6.45) is 7.40. The van der Waals surface area contributed by atoms with Crippen LogP contribution in [0.25, 0.3) is 0 Å². The Labute approximate surface area is 94.7 Å². The van der Waals surface area contributed by atoms with Crippen molar-refractivity contribution < 1.29 is 0 Å². The van der Waals surface area contributed by atoms with Gasteiger partial charge in [-0.1, -0.05) is 25.0 Å². The van der Waals surface area contributed by atoms with E-state index in [1.807, 2.05) is 0 Å². The first-order valence-corrected chi connectivity index (χ1v) is 6.12. The van der Waals surface area contributed by atoms with Crippen molar-refractivity contribution in [2.75, 3.05) is 0 Å². The van der Waals surface area contributed by atoms with Gasteiger partial charge in [0.15, 0.2) is 0 Å². The smallest absolute Gasteiger partial charge is 0.0505 e. The largest absolute Gasteiger partial charge is 0.290 e. The summed E-state index contributed by atoms with van der Waals surface area (Å²) in [6, 6.07) is 0.442. The number of hydrogen-bond acceptors (Lipinski definition) is 1. The molecule has 0 amide bonds. The Bertz CT molecular complexity index is 265. The molecule has 1 aliphatic carbocycles. The van der Waals surface area contributed by atoms with E-state index in [1.165, 1.54) is 30.5 Å². The van der Waals surface area contributed by atoms with Crippen LogP contribution in [0.4, 0.5) is 0 Å². The lowest BCUT2D eigenvalue weighted by Gasteiger charge is -2.38. The summed E-state index contributed by atoms with van der Waals surface area (Å²) in [6.45, 7) is 11.1. The number of allylic oxidation sites excluding steroid dienone is 1. The molecule has 0 aromatic carbocycles. The minimum Gasteiger partial charge on any atom is -0.290 e. The highest BCUT2D eigenvalue weighted by atomic mass is 14.8. The van der Waals surface area contributed by atoms with Gasteiger partial charge >= 0.3 is 0 Å². The maximum absolute atomic E-state index is 4.81. The summed E-state index contributed by atoms with van der Waals surface area (Å²) in [5, 5.41) is 0. The molecule has 0 spiro atoms. The third kappa shape index (κ3) is 3.48. The summed E-state index contributed by atoms with van der Waals surface area (Å²) < 4.78 is 0. The molecule has 0 aromatic heterocycles. The van der Waals surface area contributed by atoms with Crippen LogP contribution in [-0.4, -0.2) is 11.8 Å². The highest BCUT2D eigenvalue weighted by Gasteiger charge is 2.34. The van der Waals surface area contributed by atoms with Crippen LogP contribution < -0.4 is 0 Å². The minimum absolute atomic E-state index is 0.430. The Kier molecular flexibility index (Phi) is 4.12. The van der Waals surface area contributed by atoms with Gasteiger partial charge in [0, 0.05) is 11.1 Å². The standard InChI is InChI=1S/C14H25N/c1-11(2)7-8-12(3)15-13(4)14(5)9-6-10-14/h7,12H,6,8-10H2,1-5H3/b15-13-. The normalized spacial score (nSPS) is 21.8. The van der Waals surface area contributed by atoms with Gasteiger partial charge < -0.3 is 0 Å². The van der Waals surface area contributed by atoms with Crippen LogP contribution in [-0.2, 0) is 0 Å². The molecule has 0 heterocycles. The fourth-order valence-corrected chi connectivity index (χ4v) is 2.01. The van der Waals surface area contributed by atoms with Gasteiger partial charge in [0.25, 0.3) is 0 Å². The molecule has 1 atom stereocenters. The Morgan fingerprint density at radius 1 is 1.33 bits per heavy atom. The molecule has 0 aliphatic heterocycles. The molecule has 0 aromatic rings. The van der Waals surface area contributed by atoms with Crippen LogP contribution in [0.2, 0.25) is 0 Å². The fraction of sp³-hybridized carbons (Fsp3) is 0.786. The molecule has 1 saturated carbocycles. The zero-order chi connectivity index (χ0) is 11.5. The Hall–Kier alpha value is -0.590. The third-order valence-corrected chi connectivity index (χ3v) is 3.61. The topological polar surface area (TPSA) is 12.4 Å². The summed E-state index contributed by atoms with van der Waals surface area (Å²) in [4.78, 5) is 4.81. The molecule has 0 saturated heterocycles. The number of hydrogen-bond donors (Lipinski definition) is 0. The second-order valence-corrected chi connectivity index (χ2v) is 5.49. The Morgan fingerprint density at radius 2 is 1.93 bits per heavy atom. The quantitative estimate of drug-likeness (QED) is 0.479. The maximum Gasteiger partial charge on any atom is 0.0505 e. The number of rotatable bonds is 4. The zero-order valence-electron chi connectivity index (χ0n) is 10.9. The first-order chi connectivity index (χ1) is 6.94. The SMILES string of the molecule is CC(C)=CCC(C)/N=C(/C)C1(C)CCC1. The zero-order valence-corrected chi connectivity index (χ0v) is 10.9. The molecular formula is C14H25N. The van der Waals surface area contributed by atoms with Crippen LogP contribution in [0.15, 0.2) is 16.6 Å². The van der Waals surface area contributed by atoms with Gasteiger partial charge in [0.05, 0.1) is 6.04 Å². The van der Waals surface area contributed by atoms with Crippen LogP contribution in [0.3, 0.4) is 0 Å². The van der Waals surface area contributed by atoms with Crippen molar-refractivity contribution in [3.05, 3.63) is 11.6 Å². The van der Waals surface area contributed by atoms with E-state index >= 15 is 0 Å². The van der Waals surface area contributed by atoms with Crippen molar-refractivity contribution in [3.63, 3.8) is 0 Å². The van der Waals surface area contributed by atoms with E-state index in [0.29, 0.717) is 11.5 Å². The average molecular weight is 207 g/mol. The second-order valence-electron chi connectivity index (χ2n) is 5.49. The average Bonchev–Trinajstić information content (AvgIpc) is 2.10. The minimum atomic E-state index is 0.430. The van der Waals surface area contributed by atoms with E-state index in [0.717, 1.165) is 6.42 Å². The monoisotopic (exact) mass is 207 g/mol. The molecule has 0 bridgehead atoms. The van der Waals surface area contributed by atoms with Gasteiger partial charge in [-0.25, -0.2) is 0 Å². The van der Waals surface area contributed by atoms with Crippen molar-refractivity contribution >= 4 is 5.71 Å². The van der Waals surface area contributed by atoms with Gasteiger partial charge in [0.2, 0.25) is 0 Å². The molecular weight excluding hydrogens is 182 g/mol. The molecule has 1 aliphatic rings. The molecule has 86 valence electrons. The highest BCUT2D eigenvalue weighted by Crippen LogP contribution is 2.41. The van der Waals surface area contributed by atoms with Gasteiger partial charge in [-0.2, -0.15) is 0 Å². The molecule has 0 radical (unpaired) electrons.